The van der Waals surface area contributed by atoms with Crippen LogP contribution in [0.1, 0.15) is 15.4 Å². The molecule has 2 aromatic carbocycles. The molecular formula is C19H14ClFN2O3S. The average molecular weight is 405 g/mol. The Balaban J connectivity index is 1.63. The second-order valence-corrected chi connectivity index (χ2v) is 7.01. The Bertz CT molecular complexity index is 1010. The van der Waals surface area contributed by atoms with Crippen LogP contribution < -0.4 is 5.32 Å². The molecule has 3 aromatic rings. The molecule has 3 rings (SSSR count). The van der Waals surface area contributed by atoms with Crippen molar-refractivity contribution in [2.45, 2.75) is 6.92 Å². The van der Waals surface area contributed by atoms with Crippen molar-refractivity contribution < 1.29 is 18.7 Å². The van der Waals surface area contributed by atoms with Crippen molar-refractivity contribution in [1.82, 2.24) is 4.98 Å². The number of amides is 1. The maximum atomic E-state index is 13.1. The maximum Gasteiger partial charge on any atom is 0.350 e. The average Bonchev–Trinajstić information content (AvgIpc) is 3.02. The molecule has 0 fully saturated rings. The number of carbonyl (C=O) groups excluding carboxylic acids is 2. The van der Waals surface area contributed by atoms with Crippen molar-refractivity contribution in [3.05, 3.63) is 69.9 Å². The summed E-state index contributed by atoms with van der Waals surface area (Å²) in [4.78, 5) is 28.8. The normalized spacial score (nSPS) is 10.5. The first kappa shape index (κ1) is 19.0. The van der Waals surface area contributed by atoms with E-state index < -0.39 is 24.3 Å². The third kappa shape index (κ3) is 4.90. The maximum absolute atomic E-state index is 13.1. The first-order valence-electron chi connectivity index (χ1n) is 7.88. The molecule has 1 amide bonds. The van der Waals surface area contributed by atoms with Gasteiger partial charge in [0, 0.05) is 16.3 Å². The van der Waals surface area contributed by atoms with Crippen LogP contribution in [0.3, 0.4) is 0 Å². The Labute approximate surface area is 163 Å². The van der Waals surface area contributed by atoms with E-state index in [1.54, 1.807) is 25.1 Å². The van der Waals surface area contributed by atoms with E-state index >= 15 is 0 Å². The van der Waals surface area contributed by atoms with Crippen molar-refractivity contribution in [1.29, 1.82) is 0 Å². The molecule has 0 radical (unpaired) electrons. The van der Waals surface area contributed by atoms with Crippen LogP contribution in [0.2, 0.25) is 5.02 Å². The highest BCUT2D eigenvalue weighted by atomic mass is 35.5. The number of carbonyl (C=O) groups is 2. The Morgan fingerprint density at radius 2 is 2.00 bits per heavy atom. The fourth-order valence-corrected chi connectivity index (χ4v) is 3.44. The number of nitrogens with one attached hydrogen (secondary N) is 1. The first-order chi connectivity index (χ1) is 12.9. The SMILES string of the molecule is Cc1nc(-c2cccc(Cl)c2)sc1C(=O)OCC(=O)Nc1cccc(F)c1. The van der Waals surface area contributed by atoms with Crippen LogP contribution >= 0.6 is 22.9 Å². The molecule has 138 valence electrons. The van der Waals surface area contributed by atoms with Crippen molar-refractivity contribution in [3.8, 4) is 10.6 Å². The fourth-order valence-electron chi connectivity index (χ4n) is 2.29. The second-order valence-electron chi connectivity index (χ2n) is 5.58. The number of nitrogens with zero attached hydrogens (tertiary/aromatic N) is 1. The zero-order chi connectivity index (χ0) is 19.4. The topological polar surface area (TPSA) is 68.3 Å². The van der Waals surface area contributed by atoms with E-state index in [2.05, 4.69) is 10.3 Å². The molecule has 1 aromatic heterocycles. The highest BCUT2D eigenvalue weighted by Gasteiger charge is 2.19. The van der Waals surface area contributed by atoms with Crippen LogP contribution in [0.25, 0.3) is 10.6 Å². The van der Waals surface area contributed by atoms with Gasteiger partial charge in [0.1, 0.15) is 15.7 Å². The smallest absolute Gasteiger partial charge is 0.350 e. The molecule has 0 saturated heterocycles. The van der Waals surface area contributed by atoms with Crippen molar-refractivity contribution >= 4 is 40.5 Å². The lowest BCUT2D eigenvalue weighted by Crippen LogP contribution is -2.20. The number of esters is 1. The summed E-state index contributed by atoms with van der Waals surface area (Å²) >= 11 is 7.14. The minimum atomic E-state index is -0.646. The van der Waals surface area contributed by atoms with Gasteiger partial charge < -0.3 is 10.1 Å². The summed E-state index contributed by atoms with van der Waals surface area (Å²) in [7, 11) is 0. The zero-order valence-electron chi connectivity index (χ0n) is 14.2. The van der Waals surface area contributed by atoms with Gasteiger partial charge in [0.15, 0.2) is 6.61 Å². The second kappa shape index (κ2) is 8.28. The first-order valence-corrected chi connectivity index (χ1v) is 9.08. The van der Waals surface area contributed by atoms with E-state index in [0.717, 1.165) is 16.9 Å². The number of anilines is 1. The van der Waals surface area contributed by atoms with Gasteiger partial charge in [0.25, 0.3) is 5.91 Å². The van der Waals surface area contributed by atoms with E-state index in [9.17, 15) is 14.0 Å². The molecule has 0 aliphatic rings. The van der Waals surface area contributed by atoms with Gasteiger partial charge in [0.05, 0.1) is 5.69 Å². The number of hydrogen-bond donors (Lipinski definition) is 1. The molecular weight excluding hydrogens is 391 g/mol. The van der Waals surface area contributed by atoms with Gasteiger partial charge in [-0.3, -0.25) is 4.79 Å². The minimum absolute atomic E-state index is 0.285. The Hall–Kier alpha value is -2.77. The van der Waals surface area contributed by atoms with Crippen LogP contribution in [-0.4, -0.2) is 23.5 Å². The van der Waals surface area contributed by atoms with Gasteiger partial charge in [-0.15, -0.1) is 11.3 Å². The molecule has 0 aliphatic carbocycles. The van der Waals surface area contributed by atoms with Crippen LogP contribution in [0.5, 0.6) is 0 Å². The summed E-state index contributed by atoms with van der Waals surface area (Å²) in [6, 6.07) is 12.6. The number of benzene rings is 2. The number of rotatable bonds is 5. The molecule has 0 unspecified atom stereocenters. The standard InChI is InChI=1S/C19H14ClFN2O3S/c1-11-17(27-18(22-11)12-4-2-5-13(20)8-12)19(25)26-10-16(24)23-15-7-3-6-14(21)9-15/h2-9H,10H2,1H3,(H,23,24). The quantitative estimate of drug-likeness (QED) is 0.625. The summed E-state index contributed by atoms with van der Waals surface area (Å²) in [6.45, 7) is 1.20. The summed E-state index contributed by atoms with van der Waals surface area (Å²) < 4.78 is 18.2. The Morgan fingerprint density at radius 1 is 1.22 bits per heavy atom. The van der Waals surface area contributed by atoms with Gasteiger partial charge in [0.2, 0.25) is 0 Å². The molecule has 0 saturated carbocycles. The predicted molar refractivity (Wildman–Crippen MR) is 103 cm³/mol. The van der Waals surface area contributed by atoms with Crippen molar-refractivity contribution in [3.63, 3.8) is 0 Å². The lowest BCUT2D eigenvalue weighted by atomic mass is 10.2. The monoisotopic (exact) mass is 404 g/mol. The molecule has 8 heteroatoms. The van der Waals surface area contributed by atoms with E-state index in [4.69, 9.17) is 16.3 Å². The number of halogens is 2. The number of thiazole rings is 1. The van der Waals surface area contributed by atoms with E-state index in [1.807, 2.05) is 6.07 Å². The van der Waals surface area contributed by atoms with Crippen LogP contribution in [0.15, 0.2) is 48.5 Å². The molecule has 1 heterocycles. The van der Waals surface area contributed by atoms with Crippen LogP contribution in [0, 0.1) is 12.7 Å². The van der Waals surface area contributed by atoms with Gasteiger partial charge in [-0.05, 0) is 37.3 Å². The largest absolute Gasteiger partial charge is 0.451 e. The third-order valence-corrected chi connectivity index (χ3v) is 4.92. The van der Waals surface area contributed by atoms with Gasteiger partial charge >= 0.3 is 5.97 Å². The number of hydrogen-bond acceptors (Lipinski definition) is 5. The molecule has 0 atom stereocenters. The van der Waals surface area contributed by atoms with Gasteiger partial charge in [-0.2, -0.15) is 0 Å². The molecule has 0 aliphatic heterocycles. The van der Waals surface area contributed by atoms with Crippen LogP contribution in [0.4, 0.5) is 10.1 Å². The molecule has 1 N–H and O–H groups in total. The minimum Gasteiger partial charge on any atom is -0.451 e. The molecule has 0 spiro atoms. The Morgan fingerprint density at radius 3 is 2.74 bits per heavy atom. The van der Waals surface area contributed by atoms with Gasteiger partial charge in [-0.25, -0.2) is 14.2 Å². The van der Waals surface area contributed by atoms with E-state index in [-0.39, 0.29) is 5.69 Å². The third-order valence-electron chi connectivity index (χ3n) is 3.50. The van der Waals surface area contributed by atoms with E-state index in [1.165, 1.54) is 24.3 Å². The lowest BCUT2D eigenvalue weighted by molar-refractivity contribution is -0.119. The van der Waals surface area contributed by atoms with Crippen molar-refractivity contribution in [2.24, 2.45) is 0 Å². The zero-order valence-corrected chi connectivity index (χ0v) is 15.7. The Kier molecular flexibility index (Phi) is 5.83. The molecule has 0 bridgehead atoms. The number of aromatic nitrogens is 1. The fraction of sp³-hybridized carbons (Fsp3) is 0.105. The van der Waals surface area contributed by atoms with Gasteiger partial charge in [-0.1, -0.05) is 29.8 Å². The molecule has 5 nitrogen and oxygen atoms in total. The van der Waals surface area contributed by atoms with Crippen molar-refractivity contribution in [2.75, 3.05) is 11.9 Å². The summed E-state index contributed by atoms with van der Waals surface area (Å²) in [5.41, 5.74) is 1.58. The highest BCUT2D eigenvalue weighted by molar-refractivity contribution is 7.17. The van der Waals surface area contributed by atoms with Crippen LogP contribution in [-0.2, 0) is 9.53 Å². The lowest BCUT2D eigenvalue weighted by Gasteiger charge is -2.06. The summed E-state index contributed by atoms with van der Waals surface area (Å²) in [6.07, 6.45) is 0. The van der Waals surface area contributed by atoms with E-state index in [0.29, 0.717) is 20.6 Å². The summed E-state index contributed by atoms with van der Waals surface area (Å²) in [5, 5.41) is 3.66. The predicted octanol–water partition coefficient (Wildman–Crippen LogP) is 4.71. The number of ether oxygens (including phenoxy) is 1. The number of aryl methyl sites for hydroxylation is 1. The summed E-state index contributed by atoms with van der Waals surface area (Å²) in [5.74, 6) is -1.68. The molecule has 27 heavy (non-hydrogen) atoms. The highest BCUT2D eigenvalue weighted by Crippen LogP contribution is 2.29.